The van der Waals surface area contributed by atoms with Crippen LogP contribution in [0, 0.1) is 46.3 Å². The van der Waals surface area contributed by atoms with Crippen LogP contribution < -0.4 is 0 Å². The summed E-state index contributed by atoms with van der Waals surface area (Å²) < 4.78 is 5.54. The number of ketones is 2. The van der Waals surface area contributed by atoms with Gasteiger partial charge in [-0.25, -0.2) is 0 Å². The highest BCUT2D eigenvalue weighted by Crippen LogP contribution is 2.56. The Kier molecular flexibility index (Phi) is 8.72. The van der Waals surface area contributed by atoms with E-state index in [0.717, 1.165) is 44.9 Å². The van der Waals surface area contributed by atoms with Gasteiger partial charge in [0, 0.05) is 31.1 Å². The fourth-order valence-corrected chi connectivity index (χ4v) is 7.82. The van der Waals surface area contributed by atoms with Crippen molar-refractivity contribution in [3.8, 4) is 0 Å². The van der Waals surface area contributed by atoms with Crippen molar-refractivity contribution in [1.29, 1.82) is 0 Å². The average molecular weight is 475 g/mol. The highest BCUT2D eigenvalue weighted by Gasteiger charge is 2.53. The fourth-order valence-electron chi connectivity index (χ4n) is 7.82. The molecule has 8 atom stereocenters. The van der Waals surface area contributed by atoms with Gasteiger partial charge in [0.1, 0.15) is 17.7 Å². The Morgan fingerprint density at radius 3 is 2.38 bits per heavy atom. The van der Waals surface area contributed by atoms with E-state index in [1.807, 2.05) is 0 Å². The summed E-state index contributed by atoms with van der Waals surface area (Å²) in [6.45, 7) is 15.3. The number of carbonyl (C=O) groups is 3. The van der Waals surface area contributed by atoms with Gasteiger partial charge in [0.25, 0.3) is 0 Å². The maximum absolute atomic E-state index is 13.2. The highest BCUT2D eigenvalue weighted by molar-refractivity contribution is 5.87. The third kappa shape index (κ3) is 5.62. The number of esters is 1. The lowest BCUT2D eigenvalue weighted by molar-refractivity contribution is -0.156. The first-order chi connectivity index (χ1) is 15.9. The van der Waals surface area contributed by atoms with Crippen LogP contribution in [-0.2, 0) is 19.1 Å². The fraction of sp³-hybridized carbons (Fsp3) is 0.900. The number of rotatable bonds is 9. The molecular weight excluding hydrogens is 424 g/mol. The first kappa shape index (κ1) is 27.4. The number of hydrogen-bond donors (Lipinski definition) is 0. The van der Waals surface area contributed by atoms with E-state index in [9.17, 15) is 14.4 Å². The van der Waals surface area contributed by atoms with Gasteiger partial charge in [-0.2, -0.15) is 0 Å². The van der Waals surface area contributed by atoms with E-state index >= 15 is 0 Å². The van der Waals surface area contributed by atoms with E-state index in [0.29, 0.717) is 54.0 Å². The Morgan fingerprint density at radius 2 is 1.74 bits per heavy atom. The molecule has 3 aliphatic carbocycles. The molecule has 0 aliphatic heterocycles. The molecule has 0 radical (unpaired) electrons. The molecule has 0 aromatic heterocycles. The number of hydrogen-bond acceptors (Lipinski definition) is 4. The molecule has 0 saturated heterocycles. The lowest BCUT2D eigenvalue weighted by Crippen LogP contribution is -2.49. The maximum atomic E-state index is 13.2. The minimum atomic E-state index is -0.293. The van der Waals surface area contributed by atoms with Crippen LogP contribution in [0.1, 0.15) is 119 Å². The minimum absolute atomic E-state index is 0.00295. The second-order valence-corrected chi connectivity index (χ2v) is 13.1. The van der Waals surface area contributed by atoms with Crippen molar-refractivity contribution in [2.24, 2.45) is 46.3 Å². The topological polar surface area (TPSA) is 60.4 Å². The molecule has 34 heavy (non-hydrogen) atoms. The van der Waals surface area contributed by atoms with Gasteiger partial charge in [0.15, 0.2) is 0 Å². The molecule has 4 heteroatoms. The quantitative estimate of drug-likeness (QED) is 0.332. The van der Waals surface area contributed by atoms with Crippen molar-refractivity contribution in [2.45, 2.75) is 125 Å². The molecule has 0 aromatic carbocycles. The standard InChI is InChI=1S/C30H50O4/c1-19(2)20(3)8-9-21(4)25-11-13-28(33)30(25,7)17-15-26-27(32)12-10-23-18-24(34-22(5)31)14-16-29(23,26)6/h19-21,23-26H,8-18H2,1-7H3/t20-,21-,23+,24+,25-,26+,29+,30-/m1/s1. The van der Waals surface area contributed by atoms with Crippen molar-refractivity contribution >= 4 is 17.5 Å². The van der Waals surface area contributed by atoms with E-state index in [1.54, 1.807) is 0 Å². The van der Waals surface area contributed by atoms with Crippen LogP contribution in [0.25, 0.3) is 0 Å². The molecule has 0 heterocycles. The van der Waals surface area contributed by atoms with Crippen LogP contribution in [0.5, 0.6) is 0 Å². The summed E-state index contributed by atoms with van der Waals surface area (Å²) in [5.41, 5.74) is -0.323. The van der Waals surface area contributed by atoms with Crippen molar-refractivity contribution in [1.82, 2.24) is 0 Å². The average Bonchev–Trinajstić information content (AvgIpc) is 3.05. The Bertz CT molecular complexity index is 757. The van der Waals surface area contributed by atoms with Gasteiger partial charge in [0.2, 0.25) is 0 Å². The molecule has 3 rings (SSSR count). The van der Waals surface area contributed by atoms with E-state index in [2.05, 4.69) is 41.5 Å². The van der Waals surface area contributed by atoms with Gasteiger partial charge in [-0.05, 0) is 80.0 Å². The summed E-state index contributed by atoms with van der Waals surface area (Å²) in [5.74, 6) is 3.46. The number of Topliss-reactive ketones (excluding diaryl/α,β-unsaturated/α-hetero) is 2. The number of ether oxygens (including phenoxy) is 1. The molecule has 0 spiro atoms. The van der Waals surface area contributed by atoms with Crippen LogP contribution >= 0.6 is 0 Å². The van der Waals surface area contributed by atoms with E-state index in [1.165, 1.54) is 19.8 Å². The number of fused-ring (bicyclic) bond motifs is 1. The van der Waals surface area contributed by atoms with Crippen LogP contribution in [0.15, 0.2) is 0 Å². The molecule has 0 N–H and O–H groups in total. The maximum Gasteiger partial charge on any atom is 0.302 e. The van der Waals surface area contributed by atoms with Gasteiger partial charge in [0.05, 0.1) is 0 Å². The largest absolute Gasteiger partial charge is 0.463 e. The SMILES string of the molecule is CC(=O)O[C@H]1CC[C@@]2(C)[C@@H](CCC(=O)[C@@H]2CC[C@@]2(C)C(=O)CC[C@@H]2[C@H](C)CC[C@@H](C)C(C)C)C1. The summed E-state index contributed by atoms with van der Waals surface area (Å²) in [7, 11) is 0. The Balaban J connectivity index is 1.68. The number of carbonyl (C=O) groups excluding carboxylic acids is 3. The zero-order valence-electron chi connectivity index (χ0n) is 23.0. The van der Waals surface area contributed by atoms with Gasteiger partial charge >= 0.3 is 5.97 Å². The highest BCUT2D eigenvalue weighted by atomic mass is 16.5. The normalized spacial score (nSPS) is 38.0. The van der Waals surface area contributed by atoms with Gasteiger partial charge in [-0.3, -0.25) is 14.4 Å². The zero-order chi connectivity index (χ0) is 25.3. The van der Waals surface area contributed by atoms with Crippen molar-refractivity contribution < 1.29 is 19.1 Å². The first-order valence-electron chi connectivity index (χ1n) is 14.1. The van der Waals surface area contributed by atoms with E-state index in [4.69, 9.17) is 4.74 Å². The Labute approximate surface area is 208 Å². The molecule has 194 valence electrons. The van der Waals surface area contributed by atoms with Gasteiger partial charge < -0.3 is 4.74 Å². The molecule has 3 fully saturated rings. The molecule has 0 bridgehead atoms. The predicted octanol–water partition coefficient (Wildman–Crippen LogP) is 7.18. The van der Waals surface area contributed by atoms with E-state index in [-0.39, 0.29) is 28.8 Å². The Morgan fingerprint density at radius 1 is 1.03 bits per heavy atom. The van der Waals surface area contributed by atoms with Crippen LogP contribution in [-0.4, -0.2) is 23.6 Å². The zero-order valence-corrected chi connectivity index (χ0v) is 23.0. The van der Waals surface area contributed by atoms with Crippen LogP contribution in [0.3, 0.4) is 0 Å². The molecular formula is C30H50O4. The molecule has 0 unspecified atom stereocenters. The second-order valence-electron chi connectivity index (χ2n) is 13.1. The van der Waals surface area contributed by atoms with Gasteiger partial charge in [-0.1, -0.05) is 54.4 Å². The summed E-state index contributed by atoms with van der Waals surface area (Å²) in [4.78, 5) is 37.9. The molecule has 0 aromatic rings. The lowest BCUT2D eigenvalue weighted by atomic mass is 9.53. The summed E-state index contributed by atoms with van der Waals surface area (Å²) in [6.07, 6.45) is 10.00. The molecule has 3 saturated carbocycles. The molecule has 4 nitrogen and oxygen atoms in total. The van der Waals surface area contributed by atoms with Crippen LogP contribution in [0.4, 0.5) is 0 Å². The third-order valence-electron chi connectivity index (χ3n) is 10.7. The van der Waals surface area contributed by atoms with Crippen molar-refractivity contribution in [3.05, 3.63) is 0 Å². The summed E-state index contributed by atoms with van der Waals surface area (Å²) in [6, 6.07) is 0. The smallest absolute Gasteiger partial charge is 0.302 e. The van der Waals surface area contributed by atoms with Crippen LogP contribution in [0.2, 0.25) is 0 Å². The summed E-state index contributed by atoms with van der Waals surface area (Å²) in [5, 5.41) is 0. The minimum Gasteiger partial charge on any atom is -0.463 e. The van der Waals surface area contributed by atoms with Crippen molar-refractivity contribution in [2.75, 3.05) is 0 Å². The molecule has 0 amide bonds. The van der Waals surface area contributed by atoms with E-state index < -0.39 is 0 Å². The van der Waals surface area contributed by atoms with Crippen molar-refractivity contribution in [3.63, 3.8) is 0 Å². The first-order valence-corrected chi connectivity index (χ1v) is 14.1. The second kappa shape index (κ2) is 10.8. The predicted molar refractivity (Wildman–Crippen MR) is 136 cm³/mol. The lowest BCUT2D eigenvalue weighted by Gasteiger charge is -2.52. The Hall–Kier alpha value is -1.19. The monoisotopic (exact) mass is 474 g/mol. The molecule has 3 aliphatic rings. The third-order valence-corrected chi connectivity index (χ3v) is 10.7. The van der Waals surface area contributed by atoms with Gasteiger partial charge in [-0.15, -0.1) is 0 Å². The summed E-state index contributed by atoms with van der Waals surface area (Å²) >= 11 is 0.